The Morgan fingerprint density at radius 2 is 2.00 bits per heavy atom. The van der Waals surface area contributed by atoms with Gasteiger partial charge >= 0.3 is 0 Å². The minimum Gasteiger partial charge on any atom is -0.454 e. The molecule has 110 valence electrons. The number of ether oxygens (including phenoxy) is 2. The molecule has 2 rings (SSSR count). The molecule has 5 heteroatoms. The Hall–Kier alpha value is -1.75. The van der Waals surface area contributed by atoms with Crippen LogP contribution in [0.4, 0.5) is 0 Å². The molecule has 2 N–H and O–H groups in total. The lowest BCUT2D eigenvalue weighted by Crippen LogP contribution is -2.32. The predicted octanol–water partition coefficient (Wildman–Crippen LogP) is 1.72. The van der Waals surface area contributed by atoms with Crippen LogP contribution >= 0.6 is 0 Å². The maximum atomic E-state index is 12.2. The first-order valence-corrected chi connectivity index (χ1v) is 7.07. The largest absolute Gasteiger partial charge is 0.454 e. The minimum absolute atomic E-state index is 0.0117. The van der Waals surface area contributed by atoms with Gasteiger partial charge in [-0.25, -0.2) is 0 Å². The van der Waals surface area contributed by atoms with Crippen molar-refractivity contribution in [2.24, 2.45) is 5.73 Å². The van der Waals surface area contributed by atoms with Crippen LogP contribution < -0.4 is 15.2 Å². The highest BCUT2D eigenvalue weighted by Gasteiger charge is 2.21. The number of carbonyl (C=O) groups is 1. The molecule has 1 aromatic rings. The number of rotatable bonds is 6. The number of nitrogens with zero attached hydrogens (tertiary/aromatic N) is 1. The van der Waals surface area contributed by atoms with Crippen molar-refractivity contribution in [1.82, 2.24) is 4.90 Å². The summed E-state index contributed by atoms with van der Waals surface area (Å²) < 4.78 is 10.7. The summed E-state index contributed by atoms with van der Waals surface area (Å²) in [6, 6.07) is 5.76. The van der Waals surface area contributed by atoms with Crippen molar-refractivity contribution in [3.8, 4) is 11.5 Å². The first-order chi connectivity index (χ1) is 9.69. The van der Waals surface area contributed by atoms with Gasteiger partial charge in [0.05, 0.1) is 0 Å². The van der Waals surface area contributed by atoms with Crippen LogP contribution in [0.2, 0.25) is 0 Å². The molecule has 1 unspecified atom stereocenters. The summed E-state index contributed by atoms with van der Waals surface area (Å²) in [6.45, 7) is 6.12. The Balaban J connectivity index is 2.10. The van der Waals surface area contributed by atoms with Gasteiger partial charge in [-0.3, -0.25) is 4.79 Å². The average Bonchev–Trinajstić information content (AvgIpc) is 2.93. The van der Waals surface area contributed by atoms with Crippen molar-refractivity contribution in [3.63, 3.8) is 0 Å². The summed E-state index contributed by atoms with van der Waals surface area (Å²) in [5, 5.41) is 0. The van der Waals surface area contributed by atoms with Crippen LogP contribution in [0, 0.1) is 0 Å². The molecule has 5 nitrogen and oxygen atoms in total. The summed E-state index contributed by atoms with van der Waals surface area (Å²) in [6.07, 6.45) is 0.428. The number of hydrogen-bond acceptors (Lipinski definition) is 4. The fraction of sp³-hybridized carbons (Fsp3) is 0.533. The average molecular weight is 278 g/mol. The van der Waals surface area contributed by atoms with Gasteiger partial charge in [0.15, 0.2) is 11.5 Å². The molecular weight excluding hydrogens is 256 g/mol. The monoisotopic (exact) mass is 278 g/mol. The molecule has 1 aliphatic heterocycles. The molecule has 1 aromatic carbocycles. The number of carbonyl (C=O) groups excluding carboxylic acids is 1. The highest BCUT2D eigenvalue weighted by molar-refractivity contribution is 5.77. The van der Waals surface area contributed by atoms with Crippen molar-refractivity contribution in [3.05, 3.63) is 23.8 Å². The standard InChI is InChI=1S/C15H22N2O3/c1-3-17(4-2)15(18)8-12(9-16)11-5-6-13-14(7-11)20-10-19-13/h5-7,12H,3-4,8-10,16H2,1-2H3. The van der Waals surface area contributed by atoms with Gasteiger partial charge in [0.1, 0.15) is 0 Å². The van der Waals surface area contributed by atoms with E-state index in [0.29, 0.717) is 13.0 Å². The van der Waals surface area contributed by atoms with Crippen LogP contribution in [0.15, 0.2) is 18.2 Å². The van der Waals surface area contributed by atoms with E-state index < -0.39 is 0 Å². The third-order valence-corrected chi connectivity index (χ3v) is 3.69. The normalized spacial score (nSPS) is 14.2. The van der Waals surface area contributed by atoms with Gasteiger partial charge in [0, 0.05) is 25.4 Å². The molecular formula is C15H22N2O3. The molecule has 1 amide bonds. The van der Waals surface area contributed by atoms with E-state index in [2.05, 4.69) is 0 Å². The molecule has 1 heterocycles. The van der Waals surface area contributed by atoms with E-state index in [1.807, 2.05) is 36.9 Å². The summed E-state index contributed by atoms with van der Waals surface area (Å²) in [7, 11) is 0. The topological polar surface area (TPSA) is 64.8 Å². The smallest absolute Gasteiger partial charge is 0.231 e. The van der Waals surface area contributed by atoms with Crippen molar-refractivity contribution < 1.29 is 14.3 Å². The summed E-state index contributed by atoms with van der Waals surface area (Å²) in [4.78, 5) is 14.0. The number of nitrogens with two attached hydrogens (primary N) is 1. The molecule has 1 atom stereocenters. The Kier molecular flexibility index (Phi) is 4.84. The lowest BCUT2D eigenvalue weighted by molar-refractivity contribution is -0.131. The maximum Gasteiger partial charge on any atom is 0.231 e. The molecule has 0 bridgehead atoms. The molecule has 0 saturated carbocycles. The lowest BCUT2D eigenvalue weighted by Gasteiger charge is -2.22. The Labute approximate surface area is 119 Å². The first kappa shape index (κ1) is 14.7. The SMILES string of the molecule is CCN(CC)C(=O)CC(CN)c1ccc2c(c1)OCO2. The zero-order valence-electron chi connectivity index (χ0n) is 12.1. The Morgan fingerprint density at radius 3 is 2.65 bits per heavy atom. The minimum atomic E-state index is 0.0117. The summed E-state index contributed by atoms with van der Waals surface area (Å²) in [5.41, 5.74) is 6.86. The van der Waals surface area contributed by atoms with E-state index in [4.69, 9.17) is 15.2 Å². The van der Waals surface area contributed by atoms with E-state index in [-0.39, 0.29) is 18.6 Å². The Morgan fingerprint density at radius 1 is 1.30 bits per heavy atom. The van der Waals surface area contributed by atoms with Gasteiger partial charge < -0.3 is 20.1 Å². The number of benzene rings is 1. The summed E-state index contributed by atoms with van der Waals surface area (Å²) in [5.74, 6) is 1.64. The first-order valence-electron chi connectivity index (χ1n) is 7.07. The second-order valence-electron chi connectivity index (χ2n) is 4.82. The third-order valence-electron chi connectivity index (χ3n) is 3.69. The maximum absolute atomic E-state index is 12.2. The van der Waals surface area contributed by atoms with Crippen LogP contribution in [0.25, 0.3) is 0 Å². The van der Waals surface area contributed by atoms with E-state index in [1.54, 1.807) is 0 Å². The lowest BCUT2D eigenvalue weighted by atomic mass is 9.94. The van der Waals surface area contributed by atoms with Gasteiger partial charge in [-0.05, 0) is 38.1 Å². The van der Waals surface area contributed by atoms with E-state index in [0.717, 1.165) is 30.2 Å². The van der Waals surface area contributed by atoms with Gasteiger partial charge in [0.2, 0.25) is 12.7 Å². The fourth-order valence-electron chi connectivity index (χ4n) is 2.42. The molecule has 0 fully saturated rings. The van der Waals surface area contributed by atoms with Gasteiger partial charge in [-0.1, -0.05) is 6.07 Å². The van der Waals surface area contributed by atoms with Gasteiger partial charge in [-0.2, -0.15) is 0 Å². The van der Waals surface area contributed by atoms with Crippen LogP contribution in [0.5, 0.6) is 11.5 Å². The fourth-order valence-corrected chi connectivity index (χ4v) is 2.42. The molecule has 1 aliphatic rings. The van der Waals surface area contributed by atoms with E-state index in [1.165, 1.54) is 0 Å². The second-order valence-corrected chi connectivity index (χ2v) is 4.82. The molecule has 0 saturated heterocycles. The van der Waals surface area contributed by atoms with Crippen LogP contribution in [-0.4, -0.2) is 37.2 Å². The van der Waals surface area contributed by atoms with Gasteiger partial charge in [-0.15, -0.1) is 0 Å². The highest BCUT2D eigenvalue weighted by atomic mass is 16.7. The number of hydrogen-bond donors (Lipinski definition) is 1. The van der Waals surface area contributed by atoms with Crippen molar-refractivity contribution in [2.45, 2.75) is 26.2 Å². The predicted molar refractivity (Wildman–Crippen MR) is 76.9 cm³/mol. The Bertz CT molecular complexity index is 472. The highest BCUT2D eigenvalue weighted by Crippen LogP contribution is 2.35. The number of fused-ring (bicyclic) bond motifs is 1. The van der Waals surface area contributed by atoms with Crippen LogP contribution in [-0.2, 0) is 4.79 Å². The van der Waals surface area contributed by atoms with Gasteiger partial charge in [0.25, 0.3) is 0 Å². The quantitative estimate of drug-likeness (QED) is 0.860. The molecule has 0 aliphatic carbocycles. The zero-order chi connectivity index (χ0) is 14.5. The second kappa shape index (κ2) is 6.61. The molecule has 0 radical (unpaired) electrons. The third kappa shape index (κ3) is 3.04. The van der Waals surface area contributed by atoms with E-state index in [9.17, 15) is 4.79 Å². The van der Waals surface area contributed by atoms with Crippen LogP contribution in [0.1, 0.15) is 31.7 Å². The summed E-state index contributed by atoms with van der Waals surface area (Å²) >= 11 is 0. The zero-order valence-corrected chi connectivity index (χ0v) is 12.1. The number of amides is 1. The van der Waals surface area contributed by atoms with Crippen LogP contribution in [0.3, 0.4) is 0 Å². The van der Waals surface area contributed by atoms with Crippen molar-refractivity contribution >= 4 is 5.91 Å². The van der Waals surface area contributed by atoms with E-state index >= 15 is 0 Å². The molecule has 0 aromatic heterocycles. The van der Waals surface area contributed by atoms with Crippen molar-refractivity contribution in [1.29, 1.82) is 0 Å². The molecule has 0 spiro atoms. The van der Waals surface area contributed by atoms with Crippen molar-refractivity contribution in [2.75, 3.05) is 26.4 Å². The molecule has 20 heavy (non-hydrogen) atoms.